The van der Waals surface area contributed by atoms with Gasteiger partial charge in [0, 0.05) is 13.1 Å². The van der Waals surface area contributed by atoms with E-state index in [0.29, 0.717) is 25.2 Å². The Morgan fingerprint density at radius 3 is 2.31 bits per heavy atom. The van der Waals surface area contributed by atoms with Crippen molar-refractivity contribution in [3.8, 4) is 0 Å². The van der Waals surface area contributed by atoms with E-state index in [1.807, 2.05) is 31.2 Å². The molecule has 2 aromatic rings. The Kier molecular flexibility index (Phi) is 5.32. The molecule has 0 N–H and O–H groups in total. The fourth-order valence-corrected chi connectivity index (χ4v) is 4.72. The number of hydrogen-bond acceptors (Lipinski definition) is 3. The van der Waals surface area contributed by atoms with Crippen molar-refractivity contribution in [1.29, 1.82) is 0 Å². The molecule has 6 heteroatoms. The SMILES string of the molecule is CCC(C(=O)N1CCc2ccccc2C1)N(c1ccccc1)S(C)(=O)=O. The van der Waals surface area contributed by atoms with Gasteiger partial charge in [0.25, 0.3) is 0 Å². The molecule has 0 bridgehead atoms. The minimum atomic E-state index is -3.59. The Balaban J connectivity index is 1.90. The van der Waals surface area contributed by atoms with Crippen molar-refractivity contribution in [2.75, 3.05) is 17.1 Å². The third-order valence-corrected chi connectivity index (χ3v) is 5.95. The highest BCUT2D eigenvalue weighted by molar-refractivity contribution is 7.92. The number of para-hydroxylation sites is 1. The van der Waals surface area contributed by atoms with Crippen LogP contribution in [-0.4, -0.2) is 38.1 Å². The number of benzene rings is 2. The van der Waals surface area contributed by atoms with Gasteiger partial charge in [0.1, 0.15) is 6.04 Å². The number of sulfonamides is 1. The molecule has 0 saturated heterocycles. The Morgan fingerprint density at radius 1 is 1.08 bits per heavy atom. The monoisotopic (exact) mass is 372 g/mol. The zero-order valence-corrected chi connectivity index (χ0v) is 15.9. The molecule has 0 saturated carbocycles. The molecule has 1 amide bonds. The quantitative estimate of drug-likeness (QED) is 0.811. The molecule has 3 rings (SSSR count). The fourth-order valence-electron chi connectivity index (χ4n) is 3.51. The second kappa shape index (κ2) is 7.50. The number of rotatable bonds is 5. The van der Waals surface area contributed by atoms with Gasteiger partial charge in [-0.05, 0) is 36.1 Å². The van der Waals surface area contributed by atoms with E-state index in [2.05, 4.69) is 6.07 Å². The van der Waals surface area contributed by atoms with E-state index >= 15 is 0 Å². The fraction of sp³-hybridized carbons (Fsp3) is 0.350. The van der Waals surface area contributed by atoms with Gasteiger partial charge in [-0.15, -0.1) is 0 Å². The van der Waals surface area contributed by atoms with E-state index in [1.165, 1.54) is 9.87 Å². The van der Waals surface area contributed by atoms with Gasteiger partial charge in [-0.2, -0.15) is 0 Å². The van der Waals surface area contributed by atoms with Crippen LogP contribution in [-0.2, 0) is 27.8 Å². The summed E-state index contributed by atoms with van der Waals surface area (Å²) in [6.07, 6.45) is 2.36. The second-order valence-electron chi connectivity index (χ2n) is 6.60. The number of carbonyl (C=O) groups excluding carboxylic acids is 1. The van der Waals surface area contributed by atoms with Crippen molar-refractivity contribution in [3.05, 3.63) is 65.7 Å². The van der Waals surface area contributed by atoms with Crippen molar-refractivity contribution in [3.63, 3.8) is 0 Å². The minimum absolute atomic E-state index is 0.142. The Morgan fingerprint density at radius 2 is 1.69 bits per heavy atom. The predicted molar refractivity (Wildman–Crippen MR) is 103 cm³/mol. The van der Waals surface area contributed by atoms with Crippen LogP contribution in [0.1, 0.15) is 24.5 Å². The van der Waals surface area contributed by atoms with E-state index in [4.69, 9.17) is 0 Å². The number of anilines is 1. The third kappa shape index (κ3) is 3.75. The van der Waals surface area contributed by atoms with Gasteiger partial charge in [-0.1, -0.05) is 49.4 Å². The van der Waals surface area contributed by atoms with Crippen LogP contribution in [0.3, 0.4) is 0 Å². The Labute approximate surface area is 155 Å². The maximum Gasteiger partial charge on any atom is 0.246 e. The lowest BCUT2D eigenvalue weighted by Crippen LogP contribution is -2.51. The summed E-state index contributed by atoms with van der Waals surface area (Å²) >= 11 is 0. The summed E-state index contributed by atoms with van der Waals surface area (Å²) in [7, 11) is -3.59. The molecule has 0 spiro atoms. The van der Waals surface area contributed by atoms with Gasteiger partial charge in [0.2, 0.25) is 15.9 Å². The number of amides is 1. The van der Waals surface area contributed by atoms with Gasteiger partial charge >= 0.3 is 0 Å². The van der Waals surface area contributed by atoms with E-state index < -0.39 is 16.1 Å². The van der Waals surface area contributed by atoms with Gasteiger partial charge in [-0.25, -0.2) is 8.42 Å². The Bertz CT molecular complexity index is 881. The summed E-state index contributed by atoms with van der Waals surface area (Å²) in [5, 5.41) is 0. The lowest BCUT2D eigenvalue weighted by molar-refractivity contribution is -0.133. The smallest absolute Gasteiger partial charge is 0.246 e. The number of fused-ring (bicyclic) bond motifs is 1. The molecule has 26 heavy (non-hydrogen) atoms. The van der Waals surface area contributed by atoms with Crippen LogP contribution >= 0.6 is 0 Å². The molecule has 1 unspecified atom stereocenters. The van der Waals surface area contributed by atoms with Crippen LogP contribution in [0.5, 0.6) is 0 Å². The summed E-state index contributed by atoms with van der Waals surface area (Å²) in [6, 6.07) is 16.2. The highest BCUT2D eigenvalue weighted by atomic mass is 32.2. The third-order valence-electron chi connectivity index (χ3n) is 4.77. The van der Waals surface area contributed by atoms with Crippen LogP contribution in [0.4, 0.5) is 5.69 Å². The zero-order chi connectivity index (χ0) is 18.7. The maximum absolute atomic E-state index is 13.2. The average Bonchev–Trinajstić information content (AvgIpc) is 2.64. The number of nitrogens with zero attached hydrogens (tertiary/aromatic N) is 2. The summed E-state index contributed by atoms with van der Waals surface area (Å²) < 4.78 is 26.2. The maximum atomic E-state index is 13.2. The molecular weight excluding hydrogens is 348 g/mol. The Hall–Kier alpha value is -2.34. The molecule has 0 fully saturated rings. The molecule has 1 atom stereocenters. The highest BCUT2D eigenvalue weighted by Gasteiger charge is 2.35. The van der Waals surface area contributed by atoms with Crippen molar-refractivity contribution in [1.82, 2.24) is 4.90 Å². The summed E-state index contributed by atoms with van der Waals surface area (Å²) in [4.78, 5) is 15.0. The van der Waals surface area contributed by atoms with Crippen molar-refractivity contribution >= 4 is 21.6 Å². The average molecular weight is 372 g/mol. The van der Waals surface area contributed by atoms with Gasteiger partial charge in [0.05, 0.1) is 11.9 Å². The normalized spacial score (nSPS) is 15.2. The van der Waals surface area contributed by atoms with Crippen molar-refractivity contribution < 1.29 is 13.2 Å². The van der Waals surface area contributed by atoms with Crippen LogP contribution in [0.2, 0.25) is 0 Å². The topological polar surface area (TPSA) is 57.7 Å². The van der Waals surface area contributed by atoms with Crippen LogP contribution < -0.4 is 4.31 Å². The molecule has 1 heterocycles. The first-order chi connectivity index (χ1) is 12.4. The van der Waals surface area contributed by atoms with Crippen molar-refractivity contribution in [2.45, 2.75) is 32.4 Å². The minimum Gasteiger partial charge on any atom is -0.336 e. The summed E-state index contributed by atoms with van der Waals surface area (Å²) in [5.41, 5.74) is 2.91. The lowest BCUT2D eigenvalue weighted by atomic mass is 9.99. The predicted octanol–water partition coefficient (Wildman–Crippen LogP) is 2.82. The first-order valence-corrected chi connectivity index (χ1v) is 10.7. The van der Waals surface area contributed by atoms with Crippen LogP contribution in [0, 0.1) is 0 Å². The zero-order valence-electron chi connectivity index (χ0n) is 15.1. The number of carbonyl (C=O) groups is 1. The summed E-state index contributed by atoms with van der Waals surface area (Å²) in [6.45, 7) is 2.98. The molecule has 2 aromatic carbocycles. The molecule has 1 aliphatic heterocycles. The molecule has 138 valence electrons. The van der Waals surface area contributed by atoms with E-state index in [1.54, 1.807) is 29.2 Å². The van der Waals surface area contributed by atoms with Gasteiger partial charge < -0.3 is 4.90 Å². The van der Waals surface area contributed by atoms with Gasteiger partial charge in [0.15, 0.2) is 0 Å². The largest absolute Gasteiger partial charge is 0.336 e. The van der Waals surface area contributed by atoms with Gasteiger partial charge in [-0.3, -0.25) is 9.10 Å². The number of hydrogen-bond donors (Lipinski definition) is 0. The molecule has 0 aliphatic carbocycles. The lowest BCUT2D eigenvalue weighted by Gasteiger charge is -2.36. The van der Waals surface area contributed by atoms with Crippen LogP contribution in [0.15, 0.2) is 54.6 Å². The summed E-state index contributed by atoms with van der Waals surface area (Å²) in [5.74, 6) is -0.142. The first-order valence-electron chi connectivity index (χ1n) is 8.82. The van der Waals surface area contributed by atoms with Crippen LogP contribution in [0.25, 0.3) is 0 Å². The molecular formula is C20H24N2O3S. The molecule has 0 radical (unpaired) electrons. The molecule has 1 aliphatic rings. The first kappa shape index (κ1) is 18.5. The molecule has 5 nitrogen and oxygen atoms in total. The standard InChI is InChI=1S/C20H24N2O3S/c1-3-19(22(26(2,24)25)18-11-5-4-6-12-18)20(23)21-14-13-16-9-7-8-10-17(16)15-21/h4-12,19H,3,13-15H2,1-2H3. The molecule has 0 aromatic heterocycles. The highest BCUT2D eigenvalue weighted by Crippen LogP contribution is 2.25. The van der Waals surface area contributed by atoms with Crippen molar-refractivity contribution in [2.24, 2.45) is 0 Å². The van der Waals surface area contributed by atoms with E-state index in [9.17, 15) is 13.2 Å². The second-order valence-corrected chi connectivity index (χ2v) is 8.46. The van der Waals surface area contributed by atoms with E-state index in [0.717, 1.165) is 18.2 Å². The van der Waals surface area contributed by atoms with E-state index in [-0.39, 0.29) is 5.91 Å².